The number of hydrogen-bond acceptors (Lipinski definition) is 4. The molecule has 1 aromatic heterocycles. The highest BCUT2D eigenvalue weighted by molar-refractivity contribution is 7.98. The number of aromatic nitrogens is 2. The summed E-state index contributed by atoms with van der Waals surface area (Å²) in [6.45, 7) is 0. The van der Waals surface area contributed by atoms with Gasteiger partial charge in [0.05, 0.1) is 0 Å². The Bertz CT molecular complexity index is 1010. The van der Waals surface area contributed by atoms with E-state index in [2.05, 4.69) is 15.6 Å². The molecule has 1 unspecified atom stereocenters. The molecule has 0 spiro atoms. The van der Waals surface area contributed by atoms with Crippen LogP contribution < -0.4 is 10.6 Å². The smallest absolute Gasteiger partial charge is 0.251 e. The average molecular weight is 421 g/mol. The number of benzene rings is 2. The van der Waals surface area contributed by atoms with Crippen molar-refractivity contribution in [3.63, 3.8) is 0 Å². The molecule has 1 fully saturated rings. The molecule has 2 aromatic carbocycles. The number of carbonyl (C=O) groups excluding carboxylic acids is 2. The van der Waals surface area contributed by atoms with Crippen LogP contribution in [0.25, 0.3) is 5.69 Å². The van der Waals surface area contributed by atoms with Crippen molar-refractivity contribution in [2.75, 3.05) is 6.26 Å². The standard InChI is InChI=1S/C23H24N4O2S/c1-30-23-24-13-14-27(23)19-11-7-17(8-12-19)21(28)26-20(22(29)25-18-9-10-18)15-16-5-3-2-4-6-16/h2-8,11-14,18,20H,9-10,15H2,1H3,(H,25,29)(H,26,28). The zero-order valence-electron chi connectivity index (χ0n) is 16.7. The number of hydrogen-bond donors (Lipinski definition) is 2. The Morgan fingerprint density at radius 1 is 1.13 bits per heavy atom. The van der Waals surface area contributed by atoms with Gasteiger partial charge in [-0.15, -0.1) is 0 Å². The minimum absolute atomic E-state index is 0.130. The Balaban J connectivity index is 1.47. The van der Waals surface area contributed by atoms with Gasteiger partial charge >= 0.3 is 0 Å². The number of imidazole rings is 1. The van der Waals surface area contributed by atoms with Crippen molar-refractivity contribution in [1.82, 2.24) is 20.2 Å². The van der Waals surface area contributed by atoms with E-state index in [0.717, 1.165) is 29.2 Å². The summed E-state index contributed by atoms with van der Waals surface area (Å²) in [6.07, 6.45) is 8.07. The summed E-state index contributed by atoms with van der Waals surface area (Å²) in [6, 6.07) is 16.7. The fourth-order valence-electron chi connectivity index (χ4n) is 3.24. The number of nitrogens with one attached hydrogen (secondary N) is 2. The van der Waals surface area contributed by atoms with Crippen LogP contribution in [0.5, 0.6) is 0 Å². The number of amides is 2. The van der Waals surface area contributed by atoms with Crippen LogP contribution in [-0.4, -0.2) is 39.7 Å². The van der Waals surface area contributed by atoms with Crippen LogP contribution in [0, 0.1) is 0 Å². The second-order valence-corrected chi connectivity index (χ2v) is 8.10. The second kappa shape index (κ2) is 9.17. The Kier molecular flexibility index (Phi) is 6.18. The van der Waals surface area contributed by atoms with Crippen molar-refractivity contribution in [3.8, 4) is 5.69 Å². The molecule has 30 heavy (non-hydrogen) atoms. The highest BCUT2D eigenvalue weighted by Gasteiger charge is 2.28. The van der Waals surface area contributed by atoms with Crippen molar-refractivity contribution in [2.45, 2.75) is 36.5 Å². The number of carbonyl (C=O) groups is 2. The van der Waals surface area contributed by atoms with Crippen LogP contribution >= 0.6 is 11.8 Å². The first kappa shape index (κ1) is 20.2. The molecule has 7 heteroatoms. The molecule has 4 rings (SSSR count). The molecule has 6 nitrogen and oxygen atoms in total. The van der Waals surface area contributed by atoms with Crippen LogP contribution in [0.1, 0.15) is 28.8 Å². The molecular formula is C23H24N4O2S. The quantitative estimate of drug-likeness (QED) is 0.549. The molecule has 2 N–H and O–H groups in total. The zero-order chi connectivity index (χ0) is 20.9. The molecule has 0 bridgehead atoms. The first-order valence-corrected chi connectivity index (χ1v) is 11.2. The zero-order valence-corrected chi connectivity index (χ0v) is 17.6. The fourth-order valence-corrected chi connectivity index (χ4v) is 3.77. The lowest BCUT2D eigenvalue weighted by atomic mass is 10.0. The van der Waals surface area contributed by atoms with Crippen molar-refractivity contribution in [1.29, 1.82) is 0 Å². The molecule has 154 valence electrons. The van der Waals surface area contributed by atoms with Gasteiger partial charge in [0, 0.05) is 36.1 Å². The normalized spacial score (nSPS) is 14.2. The maximum atomic E-state index is 12.9. The summed E-state index contributed by atoms with van der Waals surface area (Å²) in [5, 5.41) is 6.80. The van der Waals surface area contributed by atoms with E-state index < -0.39 is 6.04 Å². The first-order chi connectivity index (χ1) is 14.6. The molecule has 1 aliphatic rings. The van der Waals surface area contributed by atoms with E-state index in [4.69, 9.17) is 0 Å². The molecule has 0 saturated heterocycles. The summed E-state index contributed by atoms with van der Waals surface area (Å²) in [4.78, 5) is 29.9. The average Bonchev–Trinajstić information content (AvgIpc) is 3.46. The first-order valence-electron chi connectivity index (χ1n) is 9.97. The van der Waals surface area contributed by atoms with Gasteiger partial charge < -0.3 is 10.6 Å². The van der Waals surface area contributed by atoms with Gasteiger partial charge in [0.1, 0.15) is 6.04 Å². The van der Waals surface area contributed by atoms with Crippen LogP contribution in [0.2, 0.25) is 0 Å². The molecule has 1 aliphatic carbocycles. The van der Waals surface area contributed by atoms with Crippen molar-refractivity contribution >= 4 is 23.6 Å². The third-order valence-electron chi connectivity index (χ3n) is 5.03. The van der Waals surface area contributed by atoms with Crippen molar-refractivity contribution < 1.29 is 9.59 Å². The monoisotopic (exact) mass is 420 g/mol. The Morgan fingerprint density at radius 2 is 1.87 bits per heavy atom. The highest BCUT2D eigenvalue weighted by Crippen LogP contribution is 2.20. The minimum Gasteiger partial charge on any atom is -0.352 e. The minimum atomic E-state index is -0.614. The predicted molar refractivity (Wildman–Crippen MR) is 118 cm³/mol. The van der Waals surface area contributed by atoms with Gasteiger partial charge in [-0.25, -0.2) is 4.98 Å². The van der Waals surface area contributed by atoms with Gasteiger partial charge in [-0.3, -0.25) is 14.2 Å². The van der Waals surface area contributed by atoms with Gasteiger partial charge in [0.2, 0.25) is 5.91 Å². The Labute approximate surface area is 180 Å². The van der Waals surface area contributed by atoms with Crippen molar-refractivity contribution in [3.05, 3.63) is 78.1 Å². The third kappa shape index (κ3) is 4.91. The molecule has 1 heterocycles. The van der Waals surface area contributed by atoms with Gasteiger partial charge in [0.15, 0.2) is 5.16 Å². The molecule has 1 atom stereocenters. The number of nitrogens with zero attached hydrogens (tertiary/aromatic N) is 2. The summed E-state index contributed by atoms with van der Waals surface area (Å²) in [5.41, 5.74) is 2.45. The van der Waals surface area contributed by atoms with Crippen LogP contribution in [-0.2, 0) is 11.2 Å². The van der Waals surface area contributed by atoms with Crippen LogP contribution in [0.3, 0.4) is 0 Å². The lowest BCUT2D eigenvalue weighted by Crippen LogP contribution is -2.48. The largest absolute Gasteiger partial charge is 0.352 e. The maximum absolute atomic E-state index is 12.9. The van der Waals surface area contributed by atoms with E-state index in [-0.39, 0.29) is 17.9 Å². The van der Waals surface area contributed by atoms with E-state index in [9.17, 15) is 9.59 Å². The lowest BCUT2D eigenvalue weighted by molar-refractivity contribution is -0.123. The van der Waals surface area contributed by atoms with Crippen LogP contribution in [0.4, 0.5) is 0 Å². The summed E-state index contributed by atoms with van der Waals surface area (Å²) in [5.74, 6) is -0.390. The lowest BCUT2D eigenvalue weighted by Gasteiger charge is -2.19. The maximum Gasteiger partial charge on any atom is 0.251 e. The number of rotatable bonds is 8. The summed E-state index contributed by atoms with van der Waals surface area (Å²) < 4.78 is 1.97. The molecule has 0 radical (unpaired) electrons. The topological polar surface area (TPSA) is 76.0 Å². The van der Waals surface area contributed by atoms with E-state index in [1.807, 2.05) is 59.5 Å². The van der Waals surface area contributed by atoms with Gasteiger partial charge in [-0.05, 0) is 48.9 Å². The summed E-state index contributed by atoms with van der Waals surface area (Å²) in [7, 11) is 0. The van der Waals surface area contributed by atoms with Gasteiger partial charge in [-0.1, -0.05) is 42.1 Å². The van der Waals surface area contributed by atoms with Gasteiger partial charge in [-0.2, -0.15) is 0 Å². The molecule has 0 aliphatic heterocycles. The van der Waals surface area contributed by atoms with E-state index in [0.29, 0.717) is 12.0 Å². The SMILES string of the molecule is CSc1nccn1-c1ccc(C(=O)NC(Cc2ccccc2)C(=O)NC2CC2)cc1. The van der Waals surface area contributed by atoms with Gasteiger partial charge in [0.25, 0.3) is 5.91 Å². The Morgan fingerprint density at radius 3 is 2.53 bits per heavy atom. The van der Waals surface area contributed by atoms with E-state index in [1.165, 1.54) is 0 Å². The Hall–Kier alpha value is -3.06. The number of thioether (sulfide) groups is 1. The van der Waals surface area contributed by atoms with E-state index >= 15 is 0 Å². The molecule has 3 aromatic rings. The molecule has 2 amide bonds. The fraction of sp³-hybridized carbons (Fsp3) is 0.261. The predicted octanol–water partition coefficient (Wildman–Crippen LogP) is 3.21. The van der Waals surface area contributed by atoms with Crippen molar-refractivity contribution in [2.24, 2.45) is 0 Å². The molecule has 1 saturated carbocycles. The third-order valence-corrected chi connectivity index (χ3v) is 5.69. The second-order valence-electron chi connectivity index (χ2n) is 7.33. The molecular weight excluding hydrogens is 396 g/mol. The summed E-state index contributed by atoms with van der Waals surface area (Å²) >= 11 is 1.56. The highest BCUT2D eigenvalue weighted by atomic mass is 32.2. The van der Waals surface area contributed by atoms with Crippen LogP contribution in [0.15, 0.2) is 72.1 Å². The van der Waals surface area contributed by atoms with E-state index in [1.54, 1.807) is 30.1 Å².